The largest absolute Gasteiger partial charge is 0.490 e. The number of rotatable bonds is 5. The maximum absolute atomic E-state index is 8.63. The highest BCUT2D eigenvalue weighted by Crippen LogP contribution is 2.16. The molecular weight excluding hydrogens is 264 g/mol. The minimum atomic E-state index is -0.130. The summed E-state index contributed by atoms with van der Waals surface area (Å²) in [6.45, 7) is 2.86. The van der Waals surface area contributed by atoms with E-state index in [1.54, 1.807) is 0 Å². The van der Waals surface area contributed by atoms with E-state index in [0.717, 1.165) is 22.6 Å². The standard InChI is InChI=1S/C18H18O3/c1-15-5-2-3-7-18(15)21-14-13-20-17-10-8-16(9-11-17)6-4-12-19/h2-3,5,7-11,19H,12-14H2,1H3. The van der Waals surface area contributed by atoms with Crippen molar-refractivity contribution in [2.75, 3.05) is 19.8 Å². The van der Waals surface area contributed by atoms with Gasteiger partial charge in [0.15, 0.2) is 0 Å². The van der Waals surface area contributed by atoms with Crippen LogP contribution in [0.1, 0.15) is 11.1 Å². The molecule has 1 N–H and O–H groups in total. The first-order valence-electron chi connectivity index (χ1n) is 6.80. The zero-order chi connectivity index (χ0) is 14.9. The topological polar surface area (TPSA) is 38.7 Å². The maximum Gasteiger partial charge on any atom is 0.122 e. The Balaban J connectivity index is 1.77. The second-order valence-corrected chi connectivity index (χ2v) is 4.45. The third-order valence-corrected chi connectivity index (χ3v) is 2.87. The molecule has 2 aromatic carbocycles. The molecule has 0 fully saturated rings. The van der Waals surface area contributed by atoms with Crippen LogP contribution in [0.3, 0.4) is 0 Å². The van der Waals surface area contributed by atoms with Crippen LogP contribution in [-0.2, 0) is 0 Å². The Labute approximate surface area is 125 Å². The lowest BCUT2D eigenvalue weighted by Crippen LogP contribution is -2.09. The van der Waals surface area contributed by atoms with Crippen molar-refractivity contribution in [3.63, 3.8) is 0 Å². The molecule has 0 saturated carbocycles. The van der Waals surface area contributed by atoms with E-state index in [0.29, 0.717) is 13.2 Å². The van der Waals surface area contributed by atoms with Gasteiger partial charge in [0.25, 0.3) is 0 Å². The van der Waals surface area contributed by atoms with Crippen molar-refractivity contribution in [3.8, 4) is 23.3 Å². The predicted molar refractivity (Wildman–Crippen MR) is 82.6 cm³/mol. The minimum Gasteiger partial charge on any atom is -0.490 e. The Bertz CT molecular complexity index is 621. The van der Waals surface area contributed by atoms with Crippen molar-refractivity contribution in [1.29, 1.82) is 0 Å². The van der Waals surface area contributed by atoms with E-state index in [-0.39, 0.29) is 6.61 Å². The van der Waals surface area contributed by atoms with Gasteiger partial charge in [-0.2, -0.15) is 0 Å². The van der Waals surface area contributed by atoms with E-state index < -0.39 is 0 Å². The summed E-state index contributed by atoms with van der Waals surface area (Å²) in [4.78, 5) is 0. The second-order valence-electron chi connectivity index (χ2n) is 4.45. The summed E-state index contributed by atoms with van der Waals surface area (Å²) < 4.78 is 11.3. The summed E-state index contributed by atoms with van der Waals surface area (Å²) >= 11 is 0. The summed E-state index contributed by atoms with van der Waals surface area (Å²) in [5.41, 5.74) is 1.97. The molecule has 0 aliphatic rings. The van der Waals surface area contributed by atoms with Crippen LogP contribution in [0.2, 0.25) is 0 Å². The Morgan fingerprint density at radius 2 is 1.67 bits per heavy atom. The van der Waals surface area contributed by atoms with Crippen LogP contribution < -0.4 is 9.47 Å². The van der Waals surface area contributed by atoms with Gasteiger partial charge in [0.2, 0.25) is 0 Å². The SMILES string of the molecule is Cc1ccccc1OCCOc1ccc(C#CCO)cc1. The van der Waals surface area contributed by atoms with E-state index in [2.05, 4.69) is 11.8 Å². The van der Waals surface area contributed by atoms with E-state index in [9.17, 15) is 0 Å². The fourth-order valence-corrected chi connectivity index (χ4v) is 1.81. The Kier molecular flexibility index (Phi) is 5.69. The molecule has 0 amide bonds. The maximum atomic E-state index is 8.63. The van der Waals surface area contributed by atoms with Crippen molar-refractivity contribution in [2.45, 2.75) is 6.92 Å². The fourth-order valence-electron chi connectivity index (χ4n) is 1.81. The van der Waals surface area contributed by atoms with Crippen LogP contribution in [-0.4, -0.2) is 24.9 Å². The molecule has 0 atom stereocenters. The smallest absolute Gasteiger partial charge is 0.122 e. The lowest BCUT2D eigenvalue weighted by Gasteiger charge is -2.10. The molecule has 0 aliphatic carbocycles. The van der Waals surface area contributed by atoms with Crippen LogP contribution in [0, 0.1) is 18.8 Å². The summed E-state index contributed by atoms with van der Waals surface area (Å²) in [5, 5.41) is 8.63. The summed E-state index contributed by atoms with van der Waals surface area (Å²) in [6.07, 6.45) is 0. The number of ether oxygens (including phenoxy) is 2. The number of aliphatic hydroxyl groups excluding tert-OH is 1. The van der Waals surface area contributed by atoms with Crippen molar-refractivity contribution in [2.24, 2.45) is 0 Å². The van der Waals surface area contributed by atoms with E-state index in [1.807, 2.05) is 55.5 Å². The molecule has 2 aromatic rings. The predicted octanol–water partition coefficient (Wildman–Crippen LogP) is 2.80. The molecule has 0 heterocycles. The summed E-state index contributed by atoms with van der Waals surface area (Å²) in [7, 11) is 0. The van der Waals surface area contributed by atoms with Crippen molar-refractivity contribution < 1.29 is 14.6 Å². The molecule has 0 radical (unpaired) electrons. The molecular formula is C18H18O3. The lowest BCUT2D eigenvalue weighted by atomic mass is 10.2. The molecule has 0 aliphatic heterocycles. The fraction of sp³-hybridized carbons (Fsp3) is 0.222. The second kappa shape index (κ2) is 7.98. The van der Waals surface area contributed by atoms with Crippen LogP contribution >= 0.6 is 0 Å². The number of para-hydroxylation sites is 1. The summed E-state index contributed by atoms with van der Waals surface area (Å²) in [6, 6.07) is 15.3. The van der Waals surface area contributed by atoms with E-state index in [1.165, 1.54) is 0 Å². The van der Waals surface area contributed by atoms with Crippen molar-refractivity contribution in [1.82, 2.24) is 0 Å². The van der Waals surface area contributed by atoms with E-state index >= 15 is 0 Å². The molecule has 0 spiro atoms. The Hall–Kier alpha value is -2.44. The van der Waals surface area contributed by atoms with Gasteiger partial charge in [-0.25, -0.2) is 0 Å². The molecule has 3 nitrogen and oxygen atoms in total. The molecule has 108 valence electrons. The van der Waals surface area contributed by atoms with Gasteiger partial charge < -0.3 is 14.6 Å². The van der Waals surface area contributed by atoms with Gasteiger partial charge >= 0.3 is 0 Å². The molecule has 3 heteroatoms. The van der Waals surface area contributed by atoms with E-state index in [4.69, 9.17) is 14.6 Å². The molecule has 0 bridgehead atoms. The van der Waals surface area contributed by atoms with Crippen LogP contribution in [0.25, 0.3) is 0 Å². The minimum absolute atomic E-state index is 0.130. The normalized spacial score (nSPS) is 9.62. The van der Waals surface area contributed by atoms with Crippen molar-refractivity contribution >= 4 is 0 Å². The zero-order valence-corrected chi connectivity index (χ0v) is 12.0. The molecule has 0 aromatic heterocycles. The highest BCUT2D eigenvalue weighted by Gasteiger charge is 1.98. The quantitative estimate of drug-likeness (QED) is 0.677. The zero-order valence-electron chi connectivity index (χ0n) is 12.0. The lowest BCUT2D eigenvalue weighted by molar-refractivity contribution is 0.216. The van der Waals surface area contributed by atoms with Crippen molar-refractivity contribution in [3.05, 3.63) is 59.7 Å². The first-order valence-corrected chi connectivity index (χ1v) is 6.80. The third kappa shape index (κ3) is 4.87. The highest BCUT2D eigenvalue weighted by molar-refractivity contribution is 5.38. The van der Waals surface area contributed by atoms with Crippen LogP contribution in [0.4, 0.5) is 0 Å². The monoisotopic (exact) mass is 282 g/mol. The number of aryl methyl sites for hydroxylation is 1. The molecule has 2 rings (SSSR count). The number of aliphatic hydroxyl groups is 1. The summed E-state index contributed by atoms with van der Waals surface area (Å²) in [5.74, 6) is 7.10. The molecule has 0 saturated heterocycles. The van der Waals surface area contributed by atoms with Crippen LogP contribution in [0.15, 0.2) is 48.5 Å². The first kappa shape index (κ1) is 15.0. The Morgan fingerprint density at radius 3 is 2.38 bits per heavy atom. The Morgan fingerprint density at radius 1 is 0.952 bits per heavy atom. The number of hydrogen-bond acceptors (Lipinski definition) is 3. The third-order valence-electron chi connectivity index (χ3n) is 2.87. The van der Waals surface area contributed by atoms with Gasteiger partial charge in [-0.1, -0.05) is 30.0 Å². The van der Waals surface area contributed by atoms with Gasteiger partial charge in [0, 0.05) is 5.56 Å². The van der Waals surface area contributed by atoms with Crippen LogP contribution in [0.5, 0.6) is 11.5 Å². The first-order chi connectivity index (χ1) is 10.3. The number of benzene rings is 2. The van der Waals surface area contributed by atoms with Gasteiger partial charge in [-0.3, -0.25) is 0 Å². The average Bonchev–Trinajstić information content (AvgIpc) is 2.52. The molecule has 21 heavy (non-hydrogen) atoms. The number of hydrogen-bond donors (Lipinski definition) is 1. The van der Waals surface area contributed by atoms with Gasteiger partial charge in [0.05, 0.1) is 0 Å². The molecule has 0 unspecified atom stereocenters. The average molecular weight is 282 g/mol. The highest BCUT2D eigenvalue weighted by atomic mass is 16.5. The van der Waals surface area contributed by atoms with Gasteiger partial charge in [-0.05, 0) is 42.8 Å². The van der Waals surface area contributed by atoms with Gasteiger partial charge in [-0.15, -0.1) is 0 Å². The van der Waals surface area contributed by atoms with Gasteiger partial charge in [0.1, 0.15) is 31.3 Å².